The van der Waals surface area contributed by atoms with Crippen LogP contribution in [-0.2, 0) is 17.3 Å². The van der Waals surface area contributed by atoms with Crippen LogP contribution in [0.4, 0.5) is 24.7 Å². The number of nitrogens with zero attached hydrogens (tertiary/aromatic N) is 3. The Morgan fingerprint density at radius 2 is 1.75 bits per heavy atom. The Hall–Kier alpha value is -3.68. The van der Waals surface area contributed by atoms with E-state index in [1.165, 1.54) is 11.0 Å². The predicted molar refractivity (Wildman–Crippen MR) is 117 cm³/mol. The van der Waals surface area contributed by atoms with Gasteiger partial charge in [0.1, 0.15) is 5.82 Å². The topological polar surface area (TPSA) is 55.3 Å². The summed E-state index contributed by atoms with van der Waals surface area (Å²) in [7, 11) is 1.61. The van der Waals surface area contributed by atoms with Crippen LogP contribution in [-0.4, -0.2) is 29.6 Å². The number of rotatable bonds is 7. The average molecular weight is 441 g/mol. The maximum atomic E-state index is 13.9. The molecule has 3 aromatic rings. The Balaban J connectivity index is 2.14. The van der Waals surface area contributed by atoms with Gasteiger partial charge in [-0.3, -0.25) is 0 Å². The monoisotopic (exact) mass is 441 g/mol. The molecule has 0 N–H and O–H groups in total. The number of esters is 1. The Labute approximate surface area is 184 Å². The van der Waals surface area contributed by atoms with Crippen LogP contribution in [0.3, 0.4) is 0 Å². The number of ether oxygens (including phenoxy) is 1. The van der Waals surface area contributed by atoms with Gasteiger partial charge in [0.25, 0.3) is 0 Å². The maximum Gasteiger partial charge on any atom is 0.433 e. The summed E-state index contributed by atoms with van der Waals surface area (Å²) in [6.45, 7) is 5.54. The largest absolute Gasteiger partial charge is 0.462 e. The smallest absolute Gasteiger partial charge is 0.433 e. The molecule has 1 heterocycles. The van der Waals surface area contributed by atoms with Crippen LogP contribution in [0.25, 0.3) is 11.4 Å². The lowest BCUT2D eigenvalue weighted by Gasteiger charge is -2.24. The SMILES string of the molecule is C=CCc1c(N(C)c2ccc(C(=O)OCC)cc2)nc(-c2ccccc2)nc1C(F)(F)F. The van der Waals surface area contributed by atoms with Gasteiger partial charge >= 0.3 is 12.1 Å². The van der Waals surface area contributed by atoms with Gasteiger partial charge in [-0.25, -0.2) is 14.8 Å². The first-order chi connectivity index (χ1) is 15.3. The third-order valence-corrected chi connectivity index (χ3v) is 4.72. The van der Waals surface area contributed by atoms with Gasteiger partial charge in [0.2, 0.25) is 0 Å². The number of carbonyl (C=O) groups is 1. The molecule has 1 aromatic heterocycles. The normalized spacial score (nSPS) is 11.2. The summed E-state index contributed by atoms with van der Waals surface area (Å²) in [6, 6.07) is 14.9. The van der Waals surface area contributed by atoms with Gasteiger partial charge in [-0.1, -0.05) is 36.4 Å². The average Bonchev–Trinajstić information content (AvgIpc) is 2.79. The van der Waals surface area contributed by atoms with E-state index >= 15 is 0 Å². The molecule has 0 radical (unpaired) electrons. The number of hydrogen-bond donors (Lipinski definition) is 0. The van der Waals surface area contributed by atoms with Crippen molar-refractivity contribution in [2.45, 2.75) is 19.5 Å². The zero-order valence-electron chi connectivity index (χ0n) is 17.7. The first-order valence-corrected chi connectivity index (χ1v) is 9.91. The number of carbonyl (C=O) groups excluding carboxylic acids is 1. The Kier molecular flexibility index (Phi) is 6.92. The van der Waals surface area contributed by atoms with Gasteiger partial charge in [0, 0.05) is 23.9 Å². The Bertz CT molecular complexity index is 1100. The molecular weight excluding hydrogens is 419 g/mol. The van der Waals surface area contributed by atoms with Crippen molar-refractivity contribution in [3.63, 3.8) is 0 Å². The molecular formula is C24H22F3N3O2. The van der Waals surface area contributed by atoms with Crippen molar-refractivity contribution in [3.8, 4) is 11.4 Å². The fourth-order valence-electron chi connectivity index (χ4n) is 3.19. The zero-order valence-corrected chi connectivity index (χ0v) is 17.7. The second kappa shape index (κ2) is 9.64. The first-order valence-electron chi connectivity index (χ1n) is 9.91. The van der Waals surface area contributed by atoms with E-state index in [0.29, 0.717) is 16.8 Å². The van der Waals surface area contributed by atoms with Crippen molar-refractivity contribution in [2.75, 3.05) is 18.6 Å². The van der Waals surface area contributed by atoms with E-state index in [1.807, 2.05) is 0 Å². The van der Waals surface area contributed by atoms with E-state index in [0.717, 1.165) is 0 Å². The molecule has 166 valence electrons. The van der Waals surface area contributed by atoms with Crippen LogP contribution in [0.5, 0.6) is 0 Å². The second-order valence-corrected chi connectivity index (χ2v) is 6.88. The van der Waals surface area contributed by atoms with Crippen molar-refractivity contribution in [3.05, 3.63) is 84.1 Å². The van der Waals surface area contributed by atoms with Crippen LogP contribution in [0.1, 0.15) is 28.5 Å². The highest BCUT2D eigenvalue weighted by molar-refractivity contribution is 5.90. The molecule has 0 aliphatic heterocycles. The van der Waals surface area contributed by atoms with Crippen molar-refractivity contribution in [1.82, 2.24) is 9.97 Å². The molecule has 5 nitrogen and oxygen atoms in total. The third kappa shape index (κ3) is 4.96. The Morgan fingerprint density at radius 3 is 2.31 bits per heavy atom. The molecule has 0 unspecified atom stereocenters. The molecule has 0 atom stereocenters. The highest BCUT2D eigenvalue weighted by atomic mass is 19.4. The lowest BCUT2D eigenvalue weighted by atomic mass is 10.1. The van der Waals surface area contributed by atoms with Crippen molar-refractivity contribution < 1.29 is 22.7 Å². The van der Waals surface area contributed by atoms with Gasteiger partial charge in [-0.2, -0.15) is 13.2 Å². The van der Waals surface area contributed by atoms with Crippen LogP contribution < -0.4 is 4.90 Å². The molecule has 0 saturated heterocycles. The highest BCUT2D eigenvalue weighted by Crippen LogP contribution is 2.38. The van der Waals surface area contributed by atoms with Crippen LogP contribution in [0.15, 0.2) is 67.3 Å². The fraction of sp³-hybridized carbons (Fsp3) is 0.208. The van der Waals surface area contributed by atoms with Gasteiger partial charge < -0.3 is 9.64 Å². The van der Waals surface area contributed by atoms with Crippen molar-refractivity contribution in [1.29, 1.82) is 0 Å². The molecule has 8 heteroatoms. The van der Waals surface area contributed by atoms with Gasteiger partial charge in [0.15, 0.2) is 11.5 Å². The minimum atomic E-state index is -4.67. The second-order valence-electron chi connectivity index (χ2n) is 6.88. The number of alkyl halides is 3. The number of halogens is 3. The minimum Gasteiger partial charge on any atom is -0.462 e. The summed E-state index contributed by atoms with van der Waals surface area (Å²) < 4.78 is 46.8. The summed E-state index contributed by atoms with van der Waals surface area (Å²) in [5.74, 6) is -0.396. The molecule has 0 aliphatic rings. The summed E-state index contributed by atoms with van der Waals surface area (Å²) in [4.78, 5) is 21.8. The summed E-state index contributed by atoms with van der Waals surface area (Å²) in [5, 5.41) is 0. The summed E-state index contributed by atoms with van der Waals surface area (Å²) in [6.07, 6.45) is -3.35. The molecule has 2 aromatic carbocycles. The molecule has 0 spiro atoms. The maximum absolute atomic E-state index is 13.9. The van der Waals surface area contributed by atoms with Crippen molar-refractivity contribution >= 4 is 17.5 Å². The van der Waals surface area contributed by atoms with Crippen LogP contribution >= 0.6 is 0 Å². The van der Waals surface area contributed by atoms with E-state index in [9.17, 15) is 18.0 Å². The lowest BCUT2D eigenvalue weighted by Crippen LogP contribution is -2.20. The van der Waals surface area contributed by atoms with E-state index in [4.69, 9.17) is 4.74 Å². The molecule has 0 amide bonds. The number of hydrogen-bond acceptors (Lipinski definition) is 5. The molecule has 0 bridgehead atoms. The lowest BCUT2D eigenvalue weighted by molar-refractivity contribution is -0.141. The molecule has 32 heavy (non-hydrogen) atoms. The highest BCUT2D eigenvalue weighted by Gasteiger charge is 2.38. The fourth-order valence-corrected chi connectivity index (χ4v) is 3.19. The van der Waals surface area contributed by atoms with Crippen molar-refractivity contribution in [2.24, 2.45) is 0 Å². The standard InChI is InChI=1S/C24H22F3N3O2/c1-4-9-19-20(24(25,26)27)28-21(16-10-7-6-8-11-16)29-22(19)30(3)18-14-12-17(13-15-18)23(31)32-5-2/h4,6-8,10-15H,1,5,9H2,2-3H3. The first kappa shape index (κ1) is 23.0. The van der Waals surface area contributed by atoms with E-state index in [-0.39, 0.29) is 30.2 Å². The van der Waals surface area contributed by atoms with E-state index < -0.39 is 17.8 Å². The number of allylic oxidation sites excluding steroid dienone is 1. The van der Waals surface area contributed by atoms with Gasteiger partial charge in [0.05, 0.1) is 12.2 Å². The van der Waals surface area contributed by atoms with E-state index in [2.05, 4.69) is 16.5 Å². The summed E-state index contributed by atoms with van der Waals surface area (Å²) >= 11 is 0. The van der Waals surface area contributed by atoms with E-state index in [1.54, 1.807) is 68.6 Å². The van der Waals surface area contributed by atoms with Crippen LogP contribution in [0.2, 0.25) is 0 Å². The molecule has 0 saturated carbocycles. The minimum absolute atomic E-state index is 0.0317. The number of benzene rings is 2. The number of aromatic nitrogens is 2. The van der Waals surface area contributed by atoms with Gasteiger partial charge in [-0.05, 0) is 37.6 Å². The Morgan fingerprint density at radius 1 is 1.09 bits per heavy atom. The summed E-state index contributed by atoms with van der Waals surface area (Å²) in [5.41, 5.74) is 0.281. The predicted octanol–water partition coefficient (Wildman–Crippen LogP) is 5.84. The molecule has 0 aliphatic carbocycles. The van der Waals surface area contributed by atoms with Crippen LogP contribution in [0, 0.1) is 0 Å². The third-order valence-electron chi connectivity index (χ3n) is 4.72. The zero-order chi connectivity index (χ0) is 23.3. The molecule has 0 fully saturated rings. The molecule has 3 rings (SSSR count). The van der Waals surface area contributed by atoms with Gasteiger partial charge in [-0.15, -0.1) is 6.58 Å². The number of anilines is 2. The quantitative estimate of drug-likeness (QED) is 0.341.